The van der Waals surface area contributed by atoms with Gasteiger partial charge in [-0.15, -0.1) is 0 Å². The second kappa shape index (κ2) is 9.59. The van der Waals surface area contributed by atoms with Gasteiger partial charge in [0.1, 0.15) is 5.82 Å². The number of hydrogen-bond donors (Lipinski definition) is 0. The Labute approximate surface area is 171 Å². The minimum absolute atomic E-state index is 0.194. The van der Waals surface area contributed by atoms with Crippen molar-refractivity contribution in [2.24, 2.45) is 0 Å². The molecule has 3 aromatic rings. The molecule has 0 radical (unpaired) electrons. The van der Waals surface area contributed by atoms with Gasteiger partial charge in [0.15, 0.2) is 0 Å². The second-order valence-electron chi connectivity index (χ2n) is 6.42. The van der Waals surface area contributed by atoms with Crippen molar-refractivity contribution >= 4 is 21.8 Å². The van der Waals surface area contributed by atoms with Gasteiger partial charge in [-0.3, -0.25) is 4.79 Å². The minimum atomic E-state index is -0.419. The lowest BCUT2D eigenvalue weighted by atomic mass is 10.1. The molecule has 7 heteroatoms. The molecule has 0 aliphatic carbocycles. The van der Waals surface area contributed by atoms with E-state index in [0.29, 0.717) is 36.8 Å². The number of carbonyl (C=O) groups excluding carboxylic acids is 1. The Balaban J connectivity index is 1.68. The van der Waals surface area contributed by atoms with E-state index in [1.54, 1.807) is 17.0 Å². The fourth-order valence-electron chi connectivity index (χ4n) is 2.77. The van der Waals surface area contributed by atoms with Crippen LogP contribution in [0.4, 0.5) is 4.39 Å². The van der Waals surface area contributed by atoms with E-state index in [2.05, 4.69) is 33.0 Å². The first-order valence-corrected chi connectivity index (χ1v) is 9.99. The van der Waals surface area contributed by atoms with Gasteiger partial charge in [-0.05, 0) is 48.9 Å². The first-order valence-electron chi connectivity index (χ1n) is 9.20. The lowest BCUT2D eigenvalue weighted by Gasteiger charge is -2.22. The Bertz CT molecular complexity index is 927. The molecule has 0 saturated carbocycles. The van der Waals surface area contributed by atoms with Crippen LogP contribution in [0.1, 0.15) is 36.0 Å². The van der Waals surface area contributed by atoms with E-state index in [4.69, 9.17) is 4.52 Å². The van der Waals surface area contributed by atoms with Crippen LogP contribution in [0.5, 0.6) is 0 Å². The predicted molar refractivity (Wildman–Crippen MR) is 108 cm³/mol. The highest BCUT2D eigenvalue weighted by molar-refractivity contribution is 9.10. The average Bonchev–Trinajstić information content (AvgIpc) is 3.17. The topological polar surface area (TPSA) is 59.2 Å². The summed E-state index contributed by atoms with van der Waals surface area (Å²) in [7, 11) is 0. The maximum Gasteiger partial charge on any atom is 0.253 e. The summed E-state index contributed by atoms with van der Waals surface area (Å²) in [6, 6.07) is 13.4. The maximum absolute atomic E-state index is 13.5. The van der Waals surface area contributed by atoms with Crippen LogP contribution in [0.3, 0.4) is 0 Å². The normalized spacial score (nSPS) is 10.8. The summed E-state index contributed by atoms with van der Waals surface area (Å²) in [4.78, 5) is 18.9. The zero-order valence-corrected chi connectivity index (χ0v) is 17.2. The fourth-order valence-corrected chi connectivity index (χ4v) is 3.04. The molecule has 0 N–H and O–H groups in total. The highest BCUT2D eigenvalue weighted by atomic mass is 79.9. The molecule has 2 aromatic carbocycles. The highest BCUT2D eigenvalue weighted by Gasteiger charge is 2.17. The molecule has 3 rings (SSSR count). The molecule has 28 heavy (non-hydrogen) atoms. The third-order valence-electron chi connectivity index (χ3n) is 4.31. The number of amides is 1. The fraction of sp³-hybridized carbons (Fsp3) is 0.286. The molecule has 1 amide bonds. The molecular weight excluding hydrogens is 425 g/mol. The molecule has 0 atom stereocenters. The largest absolute Gasteiger partial charge is 0.339 e. The summed E-state index contributed by atoms with van der Waals surface area (Å²) >= 11 is 3.40. The third kappa shape index (κ3) is 5.25. The summed E-state index contributed by atoms with van der Waals surface area (Å²) in [5.74, 6) is 0.364. The van der Waals surface area contributed by atoms with Gasteiger partial charge >= 0.3 is 0 Å². The average molecular weight is 446 g/mol. The molecule has 0 fully saturated rings. The van der Waals surface area contributed by atoms with E-state index in [9.17, 15) is 9.18 Å². The Morgan fingerprint density at radius 1 is 1.18 bits per heavy atom. The van der Waals surface area contributed by atoms with E-state index in [1.165, 1.54) is 12.1 Å². The lowest BCUT2D eigenvalue weighted by molar-refractivity contribution is 0.0751. The highest BCUT2D eigenvalue weighted by Crippen LogP contribution is 2.19. The molecule has 146 valence electrons. The van der Waals surface area contributed by atoms with Crippen LogP contribution >= 0.6 is 15.9 Å². The van der Waals surface area contributed by atoms with Gasteiger partial charge in [0.05, 0.1) is 0 Å². The number of rotatable bonds is 8. The van der Waals surface area contributed by atoms with Gasteiger partial charge < -0.3 is 9.42 Å². The maximum atomic E-state index is 13.5. The van der Waals surface area contributed by atoms with Gasteiger partial charge in [-0.25, -0.2) is 4.39 Å². The Morgan fingerprint density at radius 3 is 2.68 bits per heavy atom. The number of nitrogens with zero attached hydrogens (tertiary/aromatic N) is 3. The van der Waals surface area contributed by atoms with Gasteiger partial charge in [0, 0.05) is 35.1 Å². The molecule has 1 aromatic heterocycles. The van der Waals surface area contributed by atoms with Crippen LogP contribution in [-0.2, 0) is 6.42 Å². The number of aromatic nitrogens is 2. The lowest BCUT2D eigenvalue weighted by Crippen LogP contribution is -2.34. The Kier molecular flexibility index (Phi) is 6.92. The molecular formula is C21H21BrFN3O2. The molecule has 0 aliphatic heterocycles. The quantitative estimate of drug-likeness (QED) is 0.482. The van der Waals surface area contributed by atoms with E-state index >= 15 is 0 Å². The van der Waals surface area contributed by atoms with Crippen LogP contribution < -0.4 is 0 Å². The van der Waals surface area contributed by atoms with Crippen molar-refractivity contribution < 1.29 is 13.7 Å². The third-order valence-corrected chi connectivity index (χ3v) is 4.84. The van der Waals surface area contributed by atoms with E-state index < -0.39 is 5.82 Å². The van der Waals surface area contributed by atoms with Crippen molar-refractivity contribution in [3.05, 3.63) is 70.3 Å². The van der Waals surface area contributed by atoms with Crippen LogP contribution in [0.25, 0.3) is 11.4 Å². The van der Waals surface area contributed by atoms with Crippen LogP contribution in [0.2, 0.25) is 0 Å². The van der Waals surface area contributed by atoms with E-state index in [1.807, 2.05) is 24.3 Å². The molecule has 0 aliphatic rings. The van der Waals surface area contributed by atoms with Gasteiger partial charge in [-0.1, -0.05) is 40.5 Å². The monoisotopic (exact) mass is 445 g/mol. The zero-order valence-electron chi connectivity index (χ0n) is 15.6. The number of carbonyl (C=O) groups is 1. The van der Waals surface area contributed by atoms with Crippen molar-refractivity contribution in [1.82, 2.24) is 15.0 Å². The first kappa shape index (κ1) is 20.2. The summed E-state index contributed by atoms with van der Waals surface area (Å²) in [6.07, 6.45) is 2.27. The van der Waals surface area contributed by atoms with Gasteiger partial charge in [0.2, 0.25) is 11.7 Å². The van der Waals surface area contributed by atoms with Crippen LogP contribution in [0, 0.1) is 5.82 Å². The molecule has 0 bridgehead atoms. The summed E-state index contributed by atoms with van der Waals surface area (Å²) in [5.41, 5.74) is 1.20. The minimum Gasteiger partial charge on any atom is -0.339 e. The predicted octanol–water partition coefficient (Wildman–Crippen LogP) is 5.12. The van der Waals surface area contributed by atoms with Crippen LogP contribution in [0.15, 0.2) is 57.5 Å². The second-order valence-corrected chi connectivity index (χ2v) is 7.34. The SMILES string of the molecule is CCCCN(CCc1nc(-c2ccc(Br)cc2)no1)C(=O)c1cccc(F)c1. The molecule has 1 heterocycles. The molecule has 0 saturated heterocycles. The molecule has 0 spiro atoms. The van der Waals surface area contributed by atoms with E-state index in [0.717, 1.165) is 22.9 Å². The summed E-state index contributed by atoms with van der Waals surface area (Å²) in [5, 5.41) is 4.02. The summed E-state index contributed by atoms with van der Waals surface area (Å²) in [6.45, 7) is 3.09. The summed E-state index contributed by atoms with van der Waals surface area (Å²) < 4.78 is 19.8. The smallest absolute Gasteiger partial charge is 0.253 e. The number of hydrogen-bond acceptors (Lipinski definition) is 4. The Morgan fingerprint density at radius 2 is 1.96 bits per heavy atom. The number of halogens is 2. The van der Waals surface area contributed by atoms with E-state index in [-0.39, 0.29) is 5.91 Å². The van der Waals surface area contributed by atoms with Gasteiger partial charge in [-0.2, -0.15) is 4.98 Å². The number of unbranched alkanes of at least 4 members (excludes halogenated alkanes) is 1. The van der Waals surface area contributed by atoms with Crippen molar-refractivity contribution in [1.29, 1.82) is 0 Å². The molecule has 0 unspecified atom stereocenters. The zero-order chi connectivity index (χ0) is 19.9. The molecule has 5 nitrogen and oxygen atoms in total. The Hall–Kier alpha value is -2.54. The van der Waals surface area contributed by atoms with Crippen molar-refractivity contribution in [2.45, 2.75) is 26.2 Å². The number of benzene rings is 2. The van der Waals surface area contributed by atoms with Crippen molar-refractivity contribution in [3.8, 4) is 11.4 Å². The van der Waals surface area contributed by atoms with Crippen molar-refractivity contribution in [2.75, 3.05) is 13.1 Å². The van der Waals surface area contributed by atoms with Crippen LogP contribution in [-0.4, -0.2) is 34.0 Å². The first-order chi connectivity index (χ1) is 13.6. The van der Waals surface area contributed by atoms with Crippen molar-refractivity contribution in [3.63, 3.8) is 0 Å². The van der Waals surface area contributed by atoms with Gasteiger partial charge in [0.25, 0.3) is 5.91 Å². The standard InChI is InChI=1S/C21H21BrFN3O2/c1-2-3-12-26(21(27)16-5-4-6-18(23)14-16)13-11-19-24-20(25-28-19)15-7-9-17(22)10-8-15/h4-10,14H,2-3,11-13H2,1H3.